The highest BCUT2D eigenvalue weighted by Gasteiger charge is 2.50. The van der Waals surface area contributed by atoms with Crippen LogP contribution in [0.15, 0.2) is 0 Å². The van der Waals surface area contributed by atoms with Gasteiger partial charge in [0, 0.05) is 18.4 Å². The number of rotatable bonds is 13. The summed E-state index contributed by atoms with van der Waals surface area (Å²) >= 11 is 13.6. The average molecular weight is 374 g/mol. The SMILES string of the molecule is CCCCCO[Si](C)(Cl)C(CC)[Si](C)(Cl)OCCCCC. The summed E-state index contributed by atoms with van der Waals surface area (Å²) in [4.78, 5) is 0. The lowest BCUT2D eigenvalue weighted by Gasteiger charge is -2.36. The van der Waals surface area contributed by atoms with Crippen molar-refractivity contribution in [2.24, 2.45) is 0 Å². The van der Waals surface area contributed by atoms with Gasteiger partial charge in [-0.3, -0.25) is 0 Å². The number of unbranched alkanes of at least 4 members (excludes halogenated alkanes) is 4. The maximum Gasteiger partial charge on any atom is 0.290 e. The van der Waals surface area contributed by atoms with Crippen LogP contribution in [0.4, 0.5) is 0 Å². The van der Waals surface area contributed by atoms with Crippen LogP contribution in [0.25, 0.3) is 0 Å². The molecule has 0 spiro atoms. The standard InChI is InChI=1S/C15H34Cl2O2Si2/c1-6-9-11-13-18-20(4,16)15(8-3)21(5,17)19-14-12-10-7-2/h15H,6-14H2,1-5H3. The Morgan fingerprint density at radius 3 is 1.43 bits per heavy atom. The molecule has 0 fully saturated rings. The normalized spacial score (nSPS) is 19.0. The molecule has 0 heterocycles. The zero-order chi connectivity index (χ0) is 16.4. The van der Waals surface area contributed by atoms with Crippen LogP contribution in [0.5, 0.6) is 0 Å². The Morgan fingerprint density at radius 2 is 1.14 bits per heavy atom. The van der Waals surface area contributed by atoms with Gasteiger partial charge in [0.1, 0.15) is 0 Å². The summed E-state index contributed by atoms with van der Waals surface area (Å²) < 4.78 is 12.1. The van der Waals surface area contributed by atoms with Gasteiger partial charge in [-0.2, -0.15) is 0 Å². The van der Waals surface area contributed by atoms with Gasteiger partial charge in [-0.25, -0.2) is 0 Å². The molecule has 0 rings (SSSR count). The van der Waals surface area contributed by atoms with E-state index in [0.717, 1.165) is 32.5 Å². The van der Waals surface area contributed by atoms with Crippen molar-refractivity contribution in [2.45, 2.75) is 84.0 Å². The summed E-state index contributed by atoms with van der Waals surface area (Å²) in [5, 5.41) is 0.219. The van der Waals surface area contributed by atoms with E-state index in [4.69, 9.17) is 31.0 Å². The van der Waals surface area contributed by atoms with E-state index >= 15 is 0 Å². The Morgan fingerprint density at radius 1 is 0.762 bits per heavy atom. The fourth-order valence-electron chi connectivity index (χ4n) is 2.64. The van der Waals surface area contributed by atoms with Crippen LogP contribution >= 0.6 is 22.2 Å². The van der Waals surface area contributed by atoms with Crippen molar-refractivity contribution in [3.63, 3.8) is 0 Å². The zero-order valence-electron chi connectivity index (χ0n) is 14.5. The maximum absolute atomic E-state index is 6.79. The second-order valence-electron chi connectivity index (χ2n) is 6.04. The van der Waals surface area contributed by atoms with E-state index in [0.29, 0.717) is 0 Å². The van der Waals surface area contributed by atoms with Gasteiger partial charge in [0.2, 0.25) is 0 Å². The molecule has 128 valence electrons. The third-order valence-corrected chi connectivity index (χ3v) is 15.4. The topological polar surface area (TPSA) is 18.5 Å². The lowest BCUT2D eigenvalue weighted by atomic mass is 10.3. The molecule has 0 aromatic heterocycles. The molecule has 6 heteroatoms. The second kappa shape index (κ2) is 11.5. The lowest BCUT2D eigenvalue weighted by Crippen LogP contribution is -2.49. The predicted molar refractivity (Wildman–Crippen MR) is 99.9 cm³/mol. The molecule has 0 aromatic rings. The van der Waals surface area contributed by atoms with Crippen molar-refractivity contribution in [1.29, 1.82) is 0 Å². The third-order valence-electron chi connectivity index (χ3n) is 3.92. The first-order valence-corrected chi connectivity index (χ1v) is 15.5. The van der Waals surface area contributed by atoms with E-state index in [1.54, 1.807) is 0 Å². The molecule has 0 aliphatic carbocycles. The van der Waals surface area contributed by atoms with Gasteiger partial charge in [0.05, 0.1) is 0 Å². The molecule has 21 heavy (non-hydrogen) atoms. The van der Waals surface area contributed by atoms with E-state index < -0.39 is 15.3 Å². The first-order valence-electron chi connectivity index (χ1n) is 8.47. The molecular formula is C15H34Cl2O2Si2. The molecule has 0 N–H and O–H groups in total. The van der Waals surface area contributed by atoms with E-state index in [-0.39, 0.29) is 5.16 Å². The average Bonchev–Trinajstić information content (AvgIpc) is 2.40. The number of hydrogen-bond acceptors (Lipinski definition) is 2. The van der Waals surface area contributed by atoms with E-state index in [9.17, 15) is 0 Å². The minimum Gasteiger partial charge on any atom is -0.403 e. The van der Waals surface area contributed by atoms with Crippen LogP contribution in [0.2, 0.25) is 18.3 Å². The van der Waals surface area contributed by atoms with E-state index in [1.807, 2.05) is 0 Å². The molecule has 0 aromatic carbocycles. The van der Waals surface area contributed by atoms with Crippen LogP contribution in [0.3, 0.4) is 0 Å². The molecule has 0 saturated carbocycles. The Hall–Kier alpha value is 0.934. The summed E-state index contributed by atoms with van der Waals surface area (Å²) in [5.41, 5.74) is 0. The minimum absolute atomic E-state index is 0.219. The van der Waals surface area contributed by atoms with E-state index in [2.05, 4.69) is 33.9 Å². The third kappa shape index (κ3) is 8.96. The van der Waals surface area contributed by atoms with E-state index in [1.165, 1.54) is 25.7 Å². The molecule has 0 saturated heterocycles. The fourth-order valence-corrected chi connectivity index (χ4v) is 15.4. The number of halogens is 2. The molecular weight excluding hydrogens is 339 g/mol. The summed E-state index contributed by atoms with van der Waals surface area (Å²) in [6.07, 6.45) is 7.90. The molecule has 2 unspecified atom stereocenters. The summed E-state index contributed by atoms with van der Waals surface area (Å²) in [5.74, 6) is 0. The van der Waals surface area contributed by atoms with Crippen molar-refractivity contribution in [1.82, 2.24) is 0 Å². The van der Waals surface area contributed by atoms with Gasteiger partial charge < -0.3 is 8.85 Å². The lowest BCUT2D eigenvalue weighted by molar-refractivity contribution is 0.283. The highest BCUT2D eigenvalue weighted by Crippen LogP contribution is 2.41. The molecule has 0 aliphatic heterocycles. The van der Waals surface area contributed by atoms with Gasteiger partial charge in [0.15, 0.2) is 0 Å². The smallest absolute Gasteiger partial charge is 0.290 e. The van der Waals surface area contributed by atoms with Crippen LogP contribution in [0.1, 0.15) is 65.7 Å². The first kappa shape index (κ1) is 21.9. The molecule has 0 amide bonds. The van der Waals surface area contributed by atoms with Gasteiger partial charge in [-0.15, -0.1) is 22.2 Å². The highest BCUT2D eigenvalue weighted by molar-refractivity contribution is 7.30. The first-order chi connectivity index (χ1) is 9.81. The van der Waals surface area contributed by atoms with Crippen molar-refractivity contribution < 1.29 is 8.85 Å². The summed E-state index contributed by atoms with van der Waals surface area (Å²) in [7, 11) is -4.62. The Balaban J connectivity index is 4.46. The minimum atomic E-state index is -2.31. The van der Waals surface area contributed by atoms with Gasteiger partial charge in [-0.05, 0) is 25.9 Å². The molecule has 0 bridgehead atoms. The van der Waals surface area contributed by atoms with Gasteiger partial charge >= 0.3 is 0 Å². The van der Waals surface area contributed by atoms with Crippen LogP contribution in [0, 0.1) is 0 Å². The largest absolute Gasteiger partial charge is 0.403 e. The molecule has 2 nitrogen and oxygen atoms in total. The van der Waals surface area contributed by atoms with Crippen LogP contribution in [-0.4, -0.2) is 28.5 Å². The summed E-state index contributed by atoms with van der Waals surface area (Å²) in [6, 6.07) is 0. The molecule has 0 radical (unpaired) electrons. The highest BCUT2D eigenvalue weighted by atomic mass is 35.6. The quantitative estimate of drug-likeness (QED) is 0.213. The van der Waals surface area contributed by atoms with Crippen LogP contribution in [-0.2, 0) is 8.85 Å². The van der Waals surface area contributed by atoms with Crippen molar-refractivity contribution in [3.05, 3.63) is 0 Å². The Labute approximate surface area is 143 Å². The van der Waals surface area contributed by atoms with Crippen molar-refractivity contribution >= 4 is 37.4 Å². The number of hydrogen-bond donors (Lipinski definition) is 0. The maximum atomic E-state index is 6.79. The second-order valence-corrected chi connectivity index (χ2v) is 17.0. The van der Waals surface area contributed by atoms with Crippen molar-refractivity contribution in [3.8, 4) is 0 Å². The zero-order valence-corrected chi connectivity index (χ0v) is 18.0. The van der Waals surface area contributed by atoms with Crippen molar-refractivity contribution in [2.75, 3.05) is 13.2 Å². The summed E-state index contributed by atoms with van der Waals surface area (Å²) in [6.45, 7) is 12.2. The molecule has 2 atom stereocenters. The molecule has 0 aliphatic rings. The predicted octanol–water partition coefficient (Wildman–Crippen LogP) is 6.34. The monoisotopic (exact) mass is 372 g/mol. The van der Waals surface area contributed by atoms with Gasteiger partial charge in [-0.1, -0.05) is 52.9 Å². The van der Waals surface area contributed by atoms with Crippen LogP contribution < -0.4 is 0 Å². The Kier molecular flexibility index (Phi) is 12.0. The Bertz CT molecular complexity index is 240. The fraction of sp³-hybridized carbons (Fsp3) is 1.00. The van der Waals surface area contributed by atoms with Gasteiger partial charge in [0.25, 0.3) is 15.3 Å².